The van der Waals surface area contributed by atoms with Gasteiger partial charge in [0.15, 0.2) is 0 Å². The number of aliphatic hydroxyl groups excluding tert-OH is 1. The van der Waals surface area contributed by atoms with Crippen LogP contribution in [0.4, 0.5) is 10.5 Å². The number of rotatable bonds is 13. The van der Waals surface area contributed by atoms with Gasteiger partial charge in [-0.25, -0.2) is 9.48 Å². The summed E-state index contributed by atoms with van der Waals surface area (Å²) in [7, 11) is 0. The van der Waals surface area contributed by atoms with Crippen molar-refractivity contribution in [1.82, 2.24) is 25.3 Å². The number of nitrogens with one attached hydrogen (secondary N) is 3. The molecule has 1 aliphatic carbocycles. The van der Waals surface area contributed by atoms with Crippen LogP contribution >= 0.6 is 0 Å². The summed E-state index contributed by atoms with van der Waals surface area (Å²) >= 11 is 0. The molecule has 1 amide bonds. The lowest BCUT2D eigenvalue weighted by Crippen LogP contribution is -2.32. The van der Waals surface area contributed by atoms with E-state index in [0.717, 1.165) is 90.5 Å². The number of aromatic hydroxyl groups is 1. The molecule has 12 heteroatoms. The van der Waals surface area contributed by atoms with E-state index in [1.54, 1.807) is 12.1 Å². The lowest BCUT2D eigenvalue weighted by molar-refractivity contribution is 0.0826. The molecule has 1 aliphatic rings. The average Bonchev–Trinajstić information content (AvgIpc) is 3.57. The van der Waals surface area contributed by atoms with Crippen LogP contribution in [-0.2, 0) is 24.2 Å². The third-order valence-corrected chi connectivity index (χ3v) is 9.99. The number of anilines is 1. The molecule has 2 aromatic heterocycles. The van der Waals surface area contributed by atoms with E-state index in [1.165, 1.54) is 12.1 Å². The van der Waals surface area contributed by atoms with Crippen molar-refractivity contribution in [2.75, 3.05) is 11.9 Å². The number of aromatic amines is 1. The van der Waals surface area contributed by atoms with Gasteiger partial charge >= 0.3 is 6.09 Å². The molecule has 6 aromatic rings. The number of aliphatic hydroxyl groups is 1. The highest BCUT2D eigenvalue weighted by Crippen LogP contribution is 2.31. The molecule has 0 bridgehead atoms. The summed E-state index contributed by atoms with van der Waals surface area (Å²) in [6, 6.07) is 28.6. The molecular weight excluding hydrogens is 670 g/mol. The van der Waals surface area contributed by atoms with Gasteiger partial charge < -0.3 is 31.0 Å². The van der Waals surface area contributed by atoms with Gasteiger partial charge in [0.25, 0.3) is 0 Å². The fourth-order valence-corrected chi connectivity index (χ4v) is 7.11. The quantitative estimate of drug-likeness (QED) is 0.0747. The molecule has 2 heterocycles. The summed E-state index contributed by atoms with van der Waals surface area (Å²) in [6.45, 7) is 1.51. The van der Waals surface area contributed by atoms with Gasteiger partial charge in [0, 0.05) is 42.7 Å². The Morgan fingerprint density at radius 3 is 2.60 bits per heavy atom. The van der Waals surface area contributed by atoms with Crippen molar-refractivity contribution in [2.45, 2.75) is 76.3 Å². The number of hydrogen-bond donors (Lipinski definition) is 6. The molecule has 0 unspecified atom stereocenters. The minimum Gasteiger partial charge on any atom is -0.506 e. The number of unbranched alkanes of at least 4 members (excludes halogenated alkanes) is 1. The lowest BCUT2D eigenvalue weighted by atomic mass is 9.94. The van der Waals surface area contributed by atoms with Crippen LogP contribution in [0.5, 0.6) is 5.75 Å². The Kier molecular flexibility index (Phi) is 11.1. The van der Waals surface area contributed by atoms with Gasteiger partial charge in [-0.3, -0.25) is 10.1 Å². The minimum absolute atomic E-state index is 0.0416. The number of fused-ring (bicyclic) bond motifs is 2. The van der Waals surface area contributed by atoms with E-state index in [1.807, 2.05) is 53.2 Å². The van der Waals surface area contributed by atoms with Crippen molar-refractivity contribution in [2.24, 2.45) is 5.73 Å². The van der Waals surface area contributed by atoms with Gasteiger partial charge in [-0.2, -0.15) is 0 Å². The van der Waals surface area contributed by atoms with E-state index < -0.39 is 12.2 Å². The molecule has 274 valence electrons. The maximum absolute atomic E-state index is 13.0. The molecule has 1 atom stereocenters. The number of phenolic OH excluding ortho intramolecular Hbond substituents is 1. The second-order valence-corrected chi connectivity index (χ2v) is 13.8. The zero-order valence-corrected chi connectivity index (χ0v) is 29.5. The minimum atomic E-state index is -0.846. The fraction of sp³-hybridized carbons (Fsp3) is 0.317. The summed E-state index contributed by atoms with van der Waals surface area (Å²) in [6.07, 6.45) is 4.59. The highest BCUT2D eigenvalue weighted by Gasteiger charge is 2.22. The van der Waals surface area contributed by atoms with Crippen LogP contribution < -0.4 is 21.9 Å². The molecule has 4 aromatic carbocycles. The predicted octanol–water partition coefficient (Wildman–Crippen LogP) is 6.31. The second kappa shape index (κ2) is 16.4. The number of H-pyrrole nitrogens is 1. The summed E-state index contributed by atoms with van der Waals surface area (Å²) in [5.41, 5.74) is 13.2. The van der Waals surface area contributed by atoms with E-state index in [9.17, 15) is 19.8 Å². The number of aromatic nitrogens is 4. The molecule has 12 nitrogen and oxygen atoms in total. The lowest BCUT2D eigenvalue weighted by Gasteiger charge is -2.26. The van der Waals surface area contributed by atoms with Gasteiger partial charge in [0.1, 0.15) is 17.4 Å². The van der Waals surface area contributed by atoms with E-state index in [0.29, 0.717) is 23.0 Å². The number of nitrogens with two attached hydrogens (primary N) is 1. The molecule has 7 rings (SSSR count). The van der Waals surface area contributed by atoms with Gasteiger partial charge in [-0.15, -0.1) is 5.10 Å². The number of aryl methyl sites for hydroxylation is 2. The molecule has 1 fully saturated rings. The average molecular weight is 716 g/mol. The highest BCUT2D eigenvalue weighted by molar-refractivity contribution is 5.92. The summed E-state index contributed by atoms with van der Waals surface area (Å²) in [4.78, 5) is 27.3. The number of benzene rings is 4. The van der Waals surface area contributed by atoms with E-state index in [4.69, 9.17) is 10.5 Å². The van der Waals surface area contributed by atoms with Crippen LogP contribution in [0.15, 0.2) is 95.8 Å². The molecule has 1 saturated carbocycles. The van der Waals surface area contributed by atoms with Crippen molar-refractivity contribution in [1.29, 1.82) is 0 Å². The van der Waals surface area contributed by atoms with Crippen LogP contribution in [0.3, 0.4) is 0 Å². The van der Waals surface area contributed by atoms with Crippen molar-refractivity contribution in [3.05, 3.63) is 118 Å². The zero-order valence-electron chi connectivity index (χ0n) is 29.5. The predicted molar refractivity (Wildman–Crippen MR) is 206 cm³/mol. The maximum Gasteiger partial charge on any atom is 0.411 e. The van der Waals surface area contributed by atoms with Crippen molar-refractivity contribution in [3.8, 4) is 16.9 Å². The molecule has 7 N–H and O–H groups in total. The van der Waals surface area contributed by atoms with Crippen LogP contribution in [0, 0.1) is 0 Å². The van der Waals surface area contributed by atoms with Gasteiger partial charge in [0.05, 0.1) is 22.8 Å². The van der Waals surface area contributed by atoms with Gasteiger partial charge in [-0.1, -0.05) is 59.8 Å². The number of phenols is 1. The topological polar surface area (TPSA) is 180 Å². The third-order valence-electron chi connectivity index (χ3n) is 9.99. The number of amides is 1. The fourth-order valence-electron chi connectivity index (χ4n) is 7.11. The summed E-state index contributed by atoms with van der Waals surface area (Å²) < 4.78 is 7.70. The highest BCUT2D eigenvalue weighted by atomic mass is 16.6. The normalized spacial score (nSPS) is 16.5. The zero-order chi connectivity index (χ0) is 36.7. The molecular formula is C41H45N7O5. The molecule has 53 heavy (non-hydrogen) atoms. The van der Waals surface area contributed by atoms with Crippen LogP contribution in [0.25, 0.3) is 33.1 Å². The largest absolute Gasteiger partial charge is 0.506 e. The number of pyridine rings is 1. The smallest absolute Gasteiger partial charge is 0.411 e. The Balaban J connectivity index is 0.924. The molecule has 0 aliphatic heterocycles. The standard InChI is InChI=1S/C41H45N7O5/c42-29-11-13-30(14-12-29)53-41(52)44-34-22-26(9-15-31(34)28-7-2-1-3-8-28)6-4-5-21-48-36-18-10-27(23-35(36)46-47-48)24-43-25-38(50)32-16-19-37(49)40-33(32)17-20-39(51)45-40/h1-3,7-10,15-20,22-23,29-30,38,43,49-50H,4-6,11-14,21,24-25,42H2,(H,44,52)(H,45,51)/t29?,30?,38-/m1/s1. The van der Waals surface area contributed by atoms with E-state index in [-0.39, 0.29) is 30.0 Å². The van der Waals surface area contributed by atoms with Gasteiger partial charge in [-0.05, 0) is 97.5 Å². The Hall–Kier alpha value is -5.56. The molecule has 0 saturated heterocycles. The number of nitrogens with zero attached hydrogens (tertiary/aromatic N) is 3. The van der Waals surface area contributed by atoms with Crippen molar-refractivity contribution < 1.29 is 19.7 Å². The molecule has 0 spiro atoms. The Labute approximate surface area is 307 Å². The Morgan fingerprint density at radius 1 is 0.962 bits per heavy atom. The number of hydrogen-bond acceptors (Lipinski definition) is 9. The van der Waals surface area contributed by atoms with Crippen molar-refractivity contribution in [3.63, 3.8) is 0 Å². The second-order valence-electron chi connectivity index (χ2n) is 13.8. The Morgan fingerprint density at radius 2 is 1.77 bits per heavy atom. The number of carbonyl (C=O) groups excluding carboxylic acids is 1. The van der Waals surface area contributed by atoms with E-state index in [2.05, 4.69) is 44.1 Å². The Bertz CT molecular complexity index is 2250. The summed E-state index contributed by atoms with van der Waals surface area (Å²) in [5, 5.41) is 36.8. The van der Waals surface area contributed by atoms with Crippen molar-refractivity contribution >= 4 is 33.7 Å². The number of ether oxygens (including phenoxy) is 1. The first-order valence-corrected chi connectivity index (χ1v) is 18.3. The maximum atomic E-state index is 13.0. The van der Waals surface area contributed by atoms with Crippen LogP contribution in [-0.4, -0.2) is 55.0 Å². The molecule has 0 radical (unpaired) electrons. The van der Waals surface area contributed by atoms with E-state index >= 15 is 0 Å². The van der Waals surface area contributed by atoms with Gasteiger partial charge in [0.2, 0.25) is 5.56 Å². The van der Waals surface area contributed by atoms with Crippen LogP contribution in [0.2, 0.25) is 0 Å². The summed E-state index contributed by atoms with van der Waals surface area (Å²) in [5.74, 6) is -0.0416. The van der Waals surface area contributed by atoms with Crippen LogP contribution in [0.1, 0.15) is 61.3 Å². The first kappa shape index (κ1) is 35.8. The SMILES string of the molecule is NC1CCC(OC(=O)Nc2cc(CCCCn3nnc4cc(CNC[C@@H](O)c5ccc(O)c6[nH]c(=O)ccc56)ccc43)ccc2-c2ccccc2)CC1. The first-order chi connectivity index (χ1) is 25.8. The number of carbonyl (C=O) groups is 1. The third kappa shape index (κ3) is 8.74. The monoisotopic (exact) mass is 715 g/mol. The first-order valence-electron chi connectivity index (χ1n) is 18.3.